The Morgan fingerprint density at radius 2 is 1.97 bits per heavy atom. The first-order chi connectivity index (χ1) is 14.2. The number of hydrogen-bond donors (Lipinski definition) is 2. The number of aromatic nitrogens is 6. The molecule has 0 atom stereocenters. The van der Waals surface area contributed by atoms with E-state index in [9.17, 15) is 4.79 Å². The zero-order valence-electron chi connectivity index (χ0n) is 16.3. The lowest BCUT2D eigenvalue weighted by atomic mass is 9.96. The highest BCUT2D eigenvalue weighted by Crippen LogP contribution is 2.29. The van der Waals surface area contributed by atoms with Crippen molar-refractivity contribution in [3.8, 4) is 11.1 Å². The third-order valence-corrected chi connectivity index (χ3v) is 5.62. The summed E-state index contributed by atoms with van der Waals surface area (Å²) in [6, 6.07) is 6.33. The van der Waals surface area contributed by atoms with E-state index in [2.05, 4.69) is 25.7 Å². The number of aryl methyl sites for hydroxylation is 1. The van der Waals surface area contributed by atoms with Gasteiger partial charge < -0.3 is 5.32 Å². The summed E-state index contributed by atoms with van der Waals surface area (Å²) in [6.07, 6.45) is 13.5. The molecule has 0 unspecified atom stereocenters. The molecule has 1 aliphatic rings. The van der Waals surface area contributed by atoms with E-state index < -0.39 is 0 Å². The quantitative estimate of drug-likeness (QED) is 0.553. The lowest BCUT2D eigenvalue weighted by Gasteiger charge is -2.21. The minimum absolute atomic E-state index is 0.247. The second-order valence-corrected chi connectivity index (χ2v) is 7.69. The predicted molar refractivity (Wildman–Crippen MR) is 111 cm³/mol. The van der Waals surface area contributed by atoms with E-state index in [1.807, 2.05) is 42.3 Å². The van der Waals surface area contributed by atoms with Crippen molar-refractivity contribution < 1.29 is 4.79 Å². The van der Waals surface area contributed by atoms with Crippen molar-refractivity contribution in [3.63, 3.8) is 0 Å². The van der Waals surface area contributed by atoms with Crippen LogP contribution in [0.5, 0.6) is 0 Å². The third-order valence-electron chi connectivity index (χ3n) is 5.62. The minimum Gasteiger partial charge on any atom is -0.318 e. The smallest absolute Gasteiger partial charge is 0.276 e. The highest BCUT2D eigenvalue weighted by Gasteiger charge is 2.19. The first-order valence-corrected chi connectivity index (χ1v) is 10.00. The molecule has 2 N–H and O–H groups in total. The number of nitrogens with one attached hydrogen (secondary N) is 2. The first-order valence-electron chi connectivity index (χ1n) is 10.00. The van der Waals surface area contributed by atoms with Gasteiger partial charge in [0.1, 0.15) is 0 Å². The van der Waals surface area contributed by atoms with Crippen molar-refractivity contribution in [2.45, 2.75) is 38.1 Å². The molecule has 8 heteroatoms. The molecule has 1 aliphatic carbocycles. The van der Waals surface area contributed by atoms with E-state index >= 15 is 0 Å². The number of rotatable bonds is 4. The SMILES string of the molecule is Cn1cc(-c2ccc3[nH]nc(C(=O)Nc4cnn(C5CCCCC5)c4)c3c2)cn1. The van der Waals surface area contributed by atoms with Crippen LogP contribution in [-0.4, -0.2) is 35.7 Å². The Morgan fingerprint density at radius 3 is 2.76 bits per heavy atom. The predicted octanol–water partition coefficient (Wildman–Crippen LogP) is 3.92. The number of aromatic amines is 1. The van der Waals surface area contributed by atoms with E-state index in [1.165, 1.54) is 19.3 Å². The zero-order valence-corrected chi connectivity index (χ0v) is 16.3. The normalized spacial score (nSPS) is 15.1. The molecule has 8 nitrogen and oxygen atoms in total. The third kappa shape index (κ3) is 3.41. The van der Waals surface area contributed by atoms with Crippen LogP contribution in [0, 0.1) is 0 Å². The van der Waals surface area contributed by atoms with Crippen LogP contribution in [0.2, 0.25) is 0 Å². The Kier molecular flexibility index (Phi) is 4.38. The number of nitrogens with zero attached hydrogens (tertiary/aromatic N) is 5. The van der Waals surface area contributed by atoms with Crippen molar-refractivity contribution in [2.24, 2.45) is 7.05 Å². The van der Waals surface area contributed by atoms with Crippen molar-refractivity contribution in [1.29, 1.82) is 0 Å². The van der Waals surface area contributed by atoms with E-state index in [-0.39, 0.29) is 5.91 Å². The van der Waals surface area contributed by atoms with Gasteiger partial charge in [-0.2, -0.15) is 15.3 Å². The van der Waals surface area contributed by atoms with Crippen LogP contribution in [0.4, 0.5) is 5.69 Å². The Hall–Kier alpha value is -3.42. The molecular weight excluding hydrogens is 366 g/mol. The van der Waals surface area contributed by atoms with Crippen LogP contribution in [0.1, 0.15) is 48.6 Å². The van der Waals surface area contributed by atoms with E-state index in [4.69, 9.17) is 0 Å². The summed E-state index contributed by atoms with van der Waals surface area (Å²) in [5.41, 5.74) is 3.87. The van der Waals surface area contributed by atoms with Gasteiger partial charge in [0, 0.05) is 30.4 Å². The molecule has 0 spiro atoms. The number of anilines is 1. The monoisotopic (exact) mass is 389 g/mol. The summed E-state index contributed by atoms with van der Waals surface area (Å²) in [7, 11) is 1.88. The second-order valence-electron chi connectivity index (χ2n) is 7.69. The van der Waals surface area contributed by atoms with Crippen molar-refractivity contribution >= 4 is 22.5 Å². The van der Waals surface area contributed by atoms with E-state index in [1.54, 1.807) is 17.1 Å². The van der Waals surface area contributed by atoms with Crippen LogP contribution in [0.15, 0.2) is 43.0 Å². The summed E-state index contributed by atoms with van der Waals surface area (Å²) in [6.45, 7) is 0. The number of H-pyrrole nitrogens is 1. The fourth-order valence-corrected chi connectivity index (χ4v) is 4.08. The topological polar surface area (TPSA) is 93.4 Å². The molecule has 3 aromatic heterocycles. The van der Waals surface area contributed by atoms with Crippen LogP contribution in [0.25, 0.3) is 22.0 Å². The van der Waals surface area contributed by atoms with Gasteiger partial charge in [-0.05, 0) is 30.5 Å². The van der Waals surface area contributed by atoms with Gasteiger partial charge in [-0.1, -0.05) is 25.3 Å². The molecule has 5 rings (SSSR count). The maximum atomic E-state index is 12.9. The Balaban J connectivity index is 1.39. The van der Waals surface area contributed by atoms with Crippen LogP contribution < -0.4 is 5.32 Å². The molecule has 0 saturated heterocycles. The molecule has 1 saturated carbocycles. The van der Waals surface area contributed by atoms with Crippen LogP contribution in [0.3, 0.4) is 0 Å². The number of amides is 1. The molecule has 4 aromatic rings. The van der Waals surface area contributed by atoms with Crippen molar-refractivity contribution in [3.05, 3.63) is 48.7 Å². The summed E-state index contributed by atoms with van der Waals surface area (Å²) in [4.78, 5) is 12.9. The number of hydrogen-bond acceptors (Lipinski definition) is 4. The highest BCUT2D eigenvalue weighted by molar-refractivity contribution is 6.11. The van der Waals surface area contributed by atoms with Gasteiger partial charge in [-0.15, -0.1) is 0 Å². The van der Waals surface area contributed by atoms with E-state index in [0.29, 0.717) is 17.4 Å². The molecule has 148 valence electrons. The molecule has 29 heavy (non-hydrogen) atoms. The maximum Gasteiger partial charge on any atom is 0.276 e. The second kappa shape index (κ2) is 7.20. The van der Waals surface area contributed by atoms with Gasteiger partial charge in [0.05, 0.1) is 29.6 Å². The lowest BCUT2D eigenvalue weighted by molar-refractivity contribution is 0.102. The van der Waals surface area contributed by atoms with Gasteiger partial charge in [0.15, 0.2) is 5.69 Å². The zero-order chi connectivity index (χ0) is 19.8. The largest absolute Gasteiger partial charge is 0.318 e. The maximum absolute atomic E-state index is 12.9. The van der Waals surface area contributed by atoms with Gasteiger partial charge in [0.2, 0.25) is 0 Å². The Bertz CT molecular complexity index is 1160. The fourth-order valence-electron chi connectivity index (χ4n) is 4.08. The molecule has 0 aliphatic heterocycles. The first kappa shape index (κ1) is 17.7. The summed E-state index contributed by atoms with van der Waals surface area (Å²) < 4.78 is 3.74. The molecule has 0 bridgehead atoms. The van der Waals surface area contributed by atoms with Crippen LogP contribution in [-0.2, 0) is 7.05 Å². The number of carbonyl (C=O) groups excluding carboxylic acids is 1. The fraction of sp³-hybridized carbons (Fsp3) is 0.333. The molecule has 1 aromatic carbocycles. The molecular formula is C21H23N7O. The van der Waals surface area contributed by atoms with Gasteiger partial charge in [-0.3, -0.25) is 19.3 Å². The van der Waals surface area contributed by atoms with Gasteiger partial charge in [0.25, 0.3) is 5.91 Å². The van der Waals surface area contributed by atoms with Crippen molar-refractivity contribution in [1.82, 2.24) is 29.8 Å². The van der Waals surface area contributed by atoms with E-state index in [0.717, 1.165) is 34.9 Å². The average molecular weight is 389 g/mol. The molecule has 3 heterocycles. The highest BCUT2D eigenvalue weighted by atomic mass is 16.2. The van der Waals surface area contributed by atoms with Gasteiger partial charge >= 0.3 is 0 Å². The minimum atomic E-state index is -0.247. The molecule has 1 fully saturated rings. The van der Waals surface area contributed by atoms with Crippen molar-refractivity contribution in [2.75, 3.05) is 5.32 Å². The number of benzene rings is 1. The summed E-state index contributed by atoms with van der Waals surface area (Å²) in [5.74, 6) is -0.247. The summed E-state index contributed by atoms with van der Waals surface area (Å²) in [5, 5.41) is 19.6. The lowest BCUT2D eigenvalue weighted by Crippen LogP contribution is -2.14. The van der Waals surface area contributed by atoms with Crippen LogP contribution >= 0.6 is 0 Å². The molecule has 0 radical (unpaired) electrons. The average Bonchev–Trinajstić information content (AvgIpc) is 3.47. The summed E-state index contributed by atoms with van der Waals surface area (Å²) >= 11 is 0. The Labute approximate surface area is 167 Å². The number of carbonyl (C=O) groups is 1. The Morgan fingerprint density at radius 1 is 1.10 bits per heavy atom. The van der Waals surface area contributed by atoms with Gasteiger partial charge in [-0.25, -0.2) is 0 Å². The molecule has 1 amide bonds. The standard InChI is InChI=1S/C21H23N7O/c1-27-12-15(10-22-27)14-7-8-19-18(9-14)20(26-25-19)21(29)24-16-11-23-28(13-16)17-5-3-2-4-6-17/h7-13,17H,2-6H2,1H3,(H,24,29)(H,25,26). The number of fused-ring (bicyclic) bond motifs is 1.